The summed E-state index contributed by atoms with van der Waals surface area (Å²) in [5.74, 6) is -0.856. The van der Waals surface area contributed by atoms with Crippen molar-refractivity contribution in [1.82, 2.24) is 4.98 Å². The van der Waals surface area contributed by atoms with E-state index in [1.807, 2.05) is 6.07 Å². The van der Waals surface area contributed by atoms with Crippen molar-refractivity contribution in [3.05, 3.63) is 53.6 Å². The van der Waals surface area contributed by atoms with Gasteiger partial charge in [0.15, 0.2) is 0 Å². The van der Waals surface area contributed by atoms with E-state index >= 15 is 0 Å². The summed E-state index contributed by atoms with van der Waals surface area (Å²) in [5, 5.41) is 11.3. The third kappa shape index (κ3) is 2.85. The molecule has 0 aliphatic carbocycles. The van der Waals surface area contributed by atoms with Crippen LogP contribution in [0.3, 0.4) is 0 Å². The highest BCUT2D eigenvalue weighted by molar-refractivity contribution is 5.66. The molecule has 1 aromatic heterocycles. The largest absolute Gasteiger partial charge is 0.416 e. The summed E-state index contributed by atoms with van der Waals surface area (Å²) in [6.07, 6.45) is -1.98. The average molecular weight is 281 g/mol. The fourth-order valence-electron chi connectivity index (χ4n) is 1.53. The molecule has 0 aliphatic heterocycles. The molecule has 0 atom stereocenters. The Labute approximate surface area is 111 Å². The standard InChI is InChI=1S/C13H7F4N3/c14-10-2-1-9(13(15,16)17)5-11(10)20-12-7-19-4-3-8(12)6-18/h1-5,7,20H. The zero-order valence-corrected chi connectivity index (χ0v) is 9.87. The Hall–Kier alpha value is -2.62. The van der Waals surface area contributed by atoms with E-state index in [1.165, 1.54) is 18.5 Å². The number of rotatable bonds is 2. The van der Waals surface area contributed by atoms with E-state index in [0.717, 1.165) is 0 Å². The highest BCUT2D eigenvalue weighted by Gasteiger charge is 2.31. The summed E-state index contributed by atoms with van der Waals surface area (Å²) in [7, 11) is 0. The van der Waals surface area contributed by atoms with Crippen molar-refractivity contribution in [2.45, 2.75) is 6.18 Å². The lowest BCUT2D eigenvalue weighted by Gasteiger charge is -2.12. The van der Waals surface area contributed by atoms with Gasteiger partial charge in [-0.2, -0.15) is 18.4 Å². The van der Waals surface area contributed by atoms with Crippen LogP contribution in [0.15, 0.2) is 36.7 Å². The van der Waals surface area contributed by atoms with Crippen LogP contribution in [0, 0.1) is 17.1 Å². The Balaban J connectivity index is 2.41. The molecule has 0 saturated heterocycles. The Morgan fingerprint density at radius 1 is 1.15 bits per heavy atom. The van der Waals surface area contributed by atoms with Gasteiger partial charge in [0.1, 0.15) is 11.9 Å². The molecule has 0 amide bonds. The summed E-state index contributed by atoms with van der Waals surface area (Å²) in [4.78, 5) is 3.73. The number of aromatic nitrogens is 1. The second kappa shape index (κ2) is 5.17. The van der Waals surface area contributed by atoms with E-state index in [-0.39, 0.29) is 16.9 Å². The molecule has 0 aliphatic rings. The van der Waals surface area contributed by atoms with Gasteiger partial charge in [-0.1, -0.05) is 0 Å². The monoisotopic (exact) mass is 281 g/mol. The summed E-state index contributed by atoms with van der Waals surface area (Å²) in [6.45, 7) is 0. The fourth-order valence-corrected chi connectivity index (χ4v) is 1.53. The number of benzene rings is 1. The smallest absolute Gasteiger partial charge is 0.351 e. The molecule has 0 unspecified atom stereocenters. The van der Waals surface area contributed by atoms with Crippen LogP contribution in [0.4, 0.5) is 28.9 Å². The Kier molecular flexibility index (Phi) is 3.57. The molecule has 3 nitrogen and oxygen atoms in total. The van der Waals surface area contributed by atoms with Gasteiger partial charge in [-0.15, -0.1) is 0 Å². The van der Waals surface area contributed by atoms with Gasteiger partial charge < -0.3 is 5.32 Å². The van der Waals surface area contributed by atoms with Crippen LogP contribution in [0.1, 0.15) is 11.1 Å². The normalized spacial score (nSPS) is 10.9. The maximum atomic E-state index is 13.5. The molecule has 20 heavy (non-hydrogen) atoms. The van der Waals surface area contributed by atoms with Gasteiger partial charge in [0, 0.05) is 6.20 Å². The number of alkyl halides is 3. The van der Waals surface area contributed by atoms with Crippen LogP contribution < -0.4 is 5.32 Å². The zero-order chi connectivity index (χ0) is 14.8. The molecule has 1 heterocycles. The third-order valence-electron chi connectivity index (χ3n) is 2.50. The SMILES string of the molecule is N#Cc1ccncc1Nc1cc(C(F)(F)F)ccc1F. The van der Waals surface area contributed by atoms with E-state index in [2.05, 4.69) is 10.3 Å². The number of pyridine rings is 1. The number of nitrogens with one attached hydrogen (secondary N) is 1. The van der Waals surface area contributed by atoms with Crippen LogP contribution in [-0.2, 0) is 6.18 Å². The van der Waals surface area contributed by atoms with Crippen molar-refractivity contribution < 1.29 is 17.6 Å². The van der Waals surface area contributed by atoms with Gasteiger partial charge >= 0.3 is 6.18 Å². The summed E-state index contributed by atoms with van der Waals surface area (Å²) >= 11 is 0. The quantitative estimate of drug-likeness (QED) is 0.850. The van der Waals surface area contributed by atoms with E-state index in [0.29, 0.717) is 18.2 Å². The number of nitrogens with zero attached hydrogens (tertiary/aromatic N) is 2. The lowest BCUT2D eigenvalue weighted by Crippen LogP contribution is -2.06. The molecule has 0 fully saturated rings. The second-order valence-corrected chi connectivity index (χ2v) is 3.85. The highest BCUT2D eigenvalue weighted by atomic mass is 19.4. The lowest BCUT2D eigenvalue weighted by molar-refractivity contribution is -0.137. The van der Waals surface area contributed by atoms with Gasteiger partial charge in [0.25, 0.3) is 0 Å². The number of hydrogen-bond acceptors (Lipinski definition) is 3. The summed E-state index contributed by atoms with van der Waals surface area (Å²) < 4.78 is 51.3. The van der Waals surface area contributed by atoms with E-state index in [1.54, 1.807) is 0 Å². The van der Waals surface area contributed by atoms with Crippen LogP contribution in [-0.4, -0.2) is 4.98 Å². The van der Waals surface area contributed by atoms with Crippen molar-refractivity contribution in [3.8, 4) is 6.07 Å². The predicted octanol–water partition coefficient (Wildman–Crippen LogP) is 3.85. The van der Waals surface area contributed by atoms with Crippen molar-refractivity contribution in [1.29, 1.82) is 5.26 Å². The number of nitriles is 1. The molecule has 7 heteroatoms. The molecule has 2 rings (SSSR count). The molecule has 102 valence electrons. The molecule has 0 radical (unpaired) electrons. The topological polar surface area (TPSA) is 48.7 Å². The highest BCUT2D eigenvalue weighted by Crippen LogP contribution is 2.33. The van der Waals surface area contributed by atoms with Gasteiger partial charge in [-0.3, -0.25) is 4.98 Å². The minimum atomic E-state index is -4.57. The average Bonchev–Trinajstić information content (AvgIpc) is 2.40. The molecule has 0 bridgehead atoms. The van der Waals surface area contributed by atoms with Crippen molar-refractivity contribution in [2.24, 2.45) is 0 Å². The maximum absolute atomic E-state index is 13.5. The van der Waals surface area contributed by atoms with Gasteiger partial charge in [0.05, 0.1) is 28.7 Å². The molecule has 0 saturated carbocycles. The first-order valence-corrected chi connectivity index (χ1v) is 5.39. The van der Waals surface area contributed by atoms with E-state index in [4.69, 9.17) is 5.26 Å². The van der Waals surface area contributed by atoms with Crippen molar-refractivity contribution in [2.75, 3.05) is 5.32 Å². The molecular weight excluding hydrogens is 274 g/mol. The second-order valence-electron chi connectivity index (χ2n) is 3.85. The van der Waals surface area contributed by atoms with Crippen LogP contribution in [0.25, 0.3) is 0 Å². The molecule has 0 spiro atoms. The summed E-state index contributed by atoms with van der Waals surface area (Å²) in [5.41, 5.74) is -1.07. The van der Waals surface area contributed by atoms with Gasteiger partial charge in [0.2, 0.25) is 0 Å². The third-order valence-corrected chi connectivity index (χ3v) is 2.50. The first-order chi connectivity index (χ1) is 9.41. The predicted molar refractivity (Wildman–Crippen MR) is 63.6 cm³/mol. The van der Waals surface area contributed by atoms with Crippen LogP contribution in [0.2, 0.25) is 0 Å². The van der Waals surface area contributed by atoms with Crippen molar-refractivity contribution >= 4 is 11.4 Å². The molecule has 1 aromatic carbocycles. The minimum Gasteiger partial charge on any atom is -0.351 e. The number of hydrogen-bond donors (Lipinski definition) is 1. The number of anilines is 2. The first-order valence-electron chi connectivity index (χ1n) is 5.39. The molecular formula is C13H7F4N3. The van der Waals surface area contributed by atoms with Crippen molar-refractivity contribution in [3.63, 3.8) is 0 Å². The maximum Gasteiger partial charge on any atom is 0.416 e. The molecule has 1 N–H and O–H groups in total. The zero-order valence-electron chi connectivity index (χ0n) is 9.87. The Morgan fingerprint density at radius 3 is 2.55 bits per heavy atom. The molecule has 2 aromatic rings. The lowest BCUT2D eigenvalue weighted by atomic mass is 10.1. The first kappa shape index (κ1) is 13.8. The van der Waals surface area contributed by atoms with E-state index < -0.39 is 17.6 Å². The fraction of sp³-hybridized carbons (Fsp3) is 0.0769. The Bertz CT molecular complexity index is 674. The number of halogens is 4. The minimum absolute atomic E-state index is 0.133. The van der Waals surface area contributed by atoms with Gasteiger partial charge in [-0.05, 0) is 24.3 Å². The van der Waals surface area contributed by atoms with Crippen LogP contribution in [0.5, 0.6) is 0 Å². The van der Waals surface area contributed by atoms with Crippen LogP contribution >= 0.6 is 0 Å². The Morgan fingerprint density at radius 2 is 1.90 bits per heavy atom. The summed E-state index contributed by atoms with van der Waals surface area (Å²) in [6, 6.07) is 5.21. The van der Waals surface area contributed by atoms with Gasteiger partial charge in [-0.25, -0.2) is 4.39 Å². The van der Waals surface area contributed by atoms with E-state index in [9.17, 15) is 17.6 Å².